The highest BCUT2D eigenvalue weighted by Crippen LogP contribution is 2.30. The summed E-state index contributed by atoms with van der Waals surface area (Å²) >= 11 is 1.50. The lowest BCUT2D eigenvalue weighted by Gasteiger charge is -2.39. The van der Waals surface area contributed by atoms with Crippen molar-refractivity contribution in [3.8, 4) is 0 Å². The Morgan fingerprint density at radius 2 is 1.71 bits per heavy atom. The van der Waals surface area contributed by atoms with Crippen LogP contribution < -0.4 is 16.5 Å². The van der Waals surface area contributed by atoms with E-state index >= 15 is 0 Å². The number of nitrogens with one attached hydrogen (secondary N) is 2. The second kappa shape index (κ2) is 23.1. The van der Waals surface area contributed by atoms with Gasteiger partial charge >= 0.3 is 0 Å². The van der Waals surface area contributed by atoms with Crippen molar-refractivity contribution in [2.24, 2.45) is 23.6 Å². The van der Waals surface area contributed by atoms with Gasteiger partial charge < -0.3 is 29.9 Å². The number of nitrogens with zero attached hydrogens (tertiary/aromatic N) is 5. The van der Waals surface area contributed by atoms with Gasteiger partial charge in [0.15, 0.2) is 0 Å². The van der Waals surface area contributed by atoms with Crippen molar-refractivity contribution in [3.63, 3.8) is 0 Å². The van der Waals surface area contributed by atoms with E-state index in [1.54, 1.807) is 44.4 Å². The molecule has 1 aliphatic heterocycles. The second-order valence-electron chi connectivity index (χ2n) is 15.6. The molecule has 7 unspecified atom stereocenters. The van der Waals surface area contributed by atoms with Crippen LogP contribution in [0.4, 0.5) is 0 Å². The highest BCUT2D eigenvalue weighted by atomic mass is 32.1. The Hall–Kier alpha value is -3.47. The molecule has 0 saturated carbocycles. The molecule has 0 spiro atoms. The number of hydrazine groups is 1. The Morgan fingerprint density at radius 1 is 1.02 bits per heavy atom. The van der Waals surface area contributed by atoms with Crippen LogP contribution in [0.1, 0.15) is 76.9 Å². The highest BCUT2D eigenvalue weighted by molar-refractivity contribution is 7.09. The van der Waals surface area contributed by atoms with E-state index in [2.05, 4.69) is 15.6 Å². The molecule has 2 heterocycles. The topological polar surface area (TPSA) is 163 Å². The lowest BCUT2D eigenvalue weighted by molar-refractivity contribution is -0.146. The van der Waals surface area contributed by atoms with E-state index in [1.807, 2.05) is 87.2 Å². The number of likely N-dealkylation sites (N-methyl/N-ethyl adjacent to an activating group) is 3. The van der Waals surface area contributed by atoms with E-state index in [0.717, 1.165) is 23.4 Å². The van der Waals surface area contributed by atoms with Crippen LogP contribution in [0.5, 0.6) is 0 Å². The van der Waals surface area contributed by atoms with Crippen LogP contribution in [0.25, 0.3) is 0 Å². The second-order valence-corrected chi connectivity index (χ2v) is 16.6. The number of ether oxygens (including phenoxy) is 2. The number of amides is 4. The summed E-state index contributed by atoms with van der Waals surface area (Å²) < 4.78 is 12.0. The molecule has 8 atom stereocenters. The molecule has 15 heteroatoms. The first kappa shape index (κ1) is 46.9. The van der Waals surface area contributed by atoms with Crippen LogP contribution in [-0.2, 0) is 35.1 Å². The molecule has 2 aromatic rings. The van der Waals surface area contributed by atoms with Crippen molar-refractivity contribution in [2.75, 3.05) is 61.5 Å². The maximum absolute atomic E-state index is 14.2. The fraction of sp³-hybridized carbons (Fsp3) is 0.683. The third kappa shape index (κ3) is 13.0. The molecule has 314 valence electrons. The van der Waals surface area contributed by atoms with Gasteiger partial charge in [-0.3, -0.25) is 29.9 Å². The summed E-state index contributed by atoms with van der Waals surface area (Å²) in [6, 6.07) is 8.51. The SMILES string of the molecule is CCC(C)C(C(CC(=O)N1CCCC1C(OC)[C@@H](C)C(=O)NC(Cc1ccccc1)c1nccs1)OC)N(C)C(=O)CNC(=O)C(C(C)C)N(C)CCN(C)N. The molecular weight excluding hydrogens is 733 g/mol. The number of carbonyl (C=O) groups is 4. The number of nitrogens with two attached hydrogens (primary N) is 1. The molecule has 1 saturated heterocycles. The van der Waals surface area contributed by atoms with Crippen LogP contribution in [-0.4, -0.2) is 140 Å². The summed E-state index contributed by atoms with van der Waals surface area (Å²) in [5.74, 6) is 4.45. The average Bonchev–Trinajstić information content (AvgIpc) is 3.89. The number of hydrogen-bond donors (Lipinski definition) is 3. The van der Waals surface area contributed by atoms with E-state index in [9.17, 15) is 19.2 Å². The van der Waals surface area contributed by atoms with Gasteiger partial charge in [-0.15, -0.1) is 11.3 Å². The number of methoxy groups -OCH3 is 2. The number of benzene rings is 1. The molecular formula is C41H68N8O6S. The van der Waals surface area contributed by atoms with Crippen molar-refractivity contribution < 1.29 is 28.7 Å². The van der Waals surface area contributed by atoms with Gasteiger partial charge in [0.25, 0.3) is 0 Å². The summed E-state index contributed by atoms with van der Waals surface area (Å²) in [6.07, 6.45) is 3.45. The standard InChI is InChI=1S/C41H68N8O6S/c1-11-28(4)37(48(8)35(51)26-44-40(53)36(27(2)3)46(6)21-22-47(7)42)33(54-9)25-34(50)49-20-15-18-32(49)38(55-10)29(5)39(52)45-31(41-43-19-23-56-41)24-30-16-13-12-14-17-30/h12-14,16-17,19,23,27-29,31-33,36-38H,11,15,18,20-22,24-26,42H2,1-10H3,(H,44,53)(H,45,52)/t28?,29-,31?,32?,33?,36?,37?,38?/m1/s1. The Bertz CT molecular complexity index is 1500. The van der Waals surface area contributed by atoms with Gasteiger partial charge in [-0.1, -0.05) is 71.4 Å². The van der Waals surface area contributed by atoms with Crippen LogP contribution in [0.2, 0.25) is 0 Å². The Kier molecular flexibility index (Phi) is 19.3. The third-order valence-electron chi connectivity index (χ3n) is 11.2. The number of hydrogen-bond acceptors (Lipinski definition) is 11. The van der Waals surface area contributed by atoms with Crippen molar-refractivity contribution in [3.05, 3.63) is 52.5 Å². The zero-order valence-electron chi connectivity index (χ0n) is 35.3. The largest absolute Gasteiger partial charge is 0.379 e. The zero-order valence-corrected chi connectivity index (χ0v) is 36.1. The number of likely N-dealkylation sites (tertiary alicyclic amines) is 1. The first-order valence-corrected chi connectivity index (χ1v) is 20.8. The van der Waals surface area contributed by atoms with Crippen LogP contribution in [0, 0.1) is 17.8 Å². The summed E-state index contributed by atoms with van der Waals surface area (Å²) in [7, 11) is 8.52. The number of thiazole rings is 1. The molecule has 4 N–H and O–H groups in total. The first-order chi connectivity index (χ1) is 26.6. The van der Waals surface area contributed by atoms with Gasteiger partial charge in [0.2, 0.25) is 23.6 Å². The van der Waals surface area contributed by atoms with Crippen LogP contribution in [0.3, 0.4) is 0 Å². The van der Waals surface area contributed by atoms with Gasteiger partial charge in [-0.2, -0.15) is 0 Å². The summed E-state index contributed by atoms with van der Waals surface area (Å²) in [4.78, 5) is 65.0. The minimum absolute atomic E-state index is 0.00770. The fourth-order valence-corrected chi connectivity index (χ4v) is 8.63. The van der Waals surface area contributed by atoms with Crippen molar-refractivity contribution in [1.29, 1.82) is 0 Å². The van der Waals surface area contributed by atoms with Crippen LogP contribution in [0.15, 0.2) is 41.9 Å². The molecule has 3 rings (SSSR count). The molecule has 0 aliphatic carbocycles. The van der Waals surface area contributed by atoms with E-state index in [4.69, 9.17) is 15.3 Å². The van der Waals surface area contributed by atoms with Crippen molar-refractivity contribution in [2.45, 2.75) is 103 Å². The summed E-state index contributed by atoms with van der Waals surface area (Å²) in [5, 5.41) is 10.4. The molecule has 1 aromatic heterocycles. The fourth-order valence-electron chi connectivity index (χ4n) is 7.94. The van der Waals surface area contributed by atoms with Gasteiger partial charge in [0.05, 0.1) is 55.3 Å². The molecule has 1 aromatic carbocycles. The van der Waals surface area contributed by atoms with E-state index in [0.29, 0.717) is 32.5 Å². The monoisotopic (exact) mass is 800 g/mol. The van der Waals surface area contributed by atoms with Gasteiger partial charge in [-0.05, 0) is 43.7 Å². The minimum atomic E-state index is -0.607. The lowest BCUT2D eigenvalue weighted by atomic mass is 9.90. The zero-order chi connectivity index (χ0) is 41.5. The van der Waals surface area contributed by atoms with E-state index < -0.39 is 30.2 Å². The Labute approximate surface area is 338 Å². The molecule has 1 aliphatic rings. The molecule has 0 bridgehead atoms. The first-order valence-electron chi connectivity index (χ1n) is 19.9. The molecule has 4 amide bonds. The van der Waals surface area contributed by atoms with Gasteiger partial charge in [-0.25, -0.2) is 9.99 Å². The van der Waals surface area contributed by atoms with Gasteiger partial charge in [0.1, 0.15) is 5.01 Å². The number of rotatable bonds is 23. The minimum Gasteiger partial charge on any atom is -0.379 e. The van der Waals surface area contributed by atoms with Crippen molar-refractivity contribution in [1.82, 2.24) is 35.3 Å². The Morgan fingerprint density at radius 3 is 2.29 bits per heavy atom. The van der Waals surface area contributed by atoms with E-state index in [1.165, 1.54) is 11.3 Å². The predicted octanol–water partition coefficient (Wildman–Crippen LogP) is 3.34. The van der Waals surface area contributed by atoms with E-state index in [-0.39, 0.29) is 60.5 Å². The molecule has 56 heavy (non-hydrogen) atoms. The third-order valence-corrected chi connectivity index (χ3v) is 12.1. The smallest absolute Gasteiger partial charge is 0.242 e. The average molecular weight is 801 g/mol. The maximum Gasteiger partial charge on any atom is 0.242 e. The number of aromatic nitrogens is 1. The van der Waals surface area contributed by atoms with Crippen molar-refractivity contribution >= 4 is 35.0 Å². The molecule has 14 nitrogen and oxygen atoms in total. The quantitative estimate of drug-likeness (QED) is 0.112. The molecule has 1 fully saturated rings. The molecule has 0 radical (unpaired) electrons. The van der Waals surface area contributed by atoms with Crippen LogP contribution >= 0.6 is 11.3 Å². The summed E-state index contributed by atoms with van der Waals surface area (Å²) in [5.41, 5.74) is 1.09. The normalized spacial score (nSPS) is 18.3. The van der Waals surface area contributed by atoms with Gasteiger partial charge in [0, 0.05) is 59.5 Å². The highest BCUT2D eigenvalue weighted by Gasteiger charge is 2.42. The maximum atomic E-state index is 14.2. The summed E-state index contributed by atoms with van der Waals surface area (Å²) in [6.45, 7) is 11.4. The lowest BCUT2D eigenvalue weighted by Crippen LogP contribution is -2.55. The number of carbonyl (C=O) groups excluding carboxylic acids is 4. The Balaban J connectivity index is 1.71. The predicted molar refractivity (Wildman–Crippen MR) is 220 cm³/mol.